The van der Waals surface area contributed by atoms with Gasteiger partial charge < -0.3 is 15.7 Å². The molecule has 1 aliphatic rings. The molecular formula is C14H18F3N3O. The van der Waals surface area contributed by atoms with Crippen molar-refractivity contribution in [1.29, 1.82) is 5.41 Å². The van der Waals surface area contributed by atoms with E-state index in [4.69, 9.17) is 11.1 Å². The number of hydrogen-bond donors (Lipinski definition) is 3. The number of amidine groups is 1. The van der Waals surface area contributed by atoms with Gasteiger partial charge in [-0.2, -0.15) is 13.2 Å². The molecule has 0 aromatic heterocycles. The van der Waals surface area contributed by atoms with Crippen LogP contribution in [0.25, 0.3) is 0 Å². The number of piperidine rings is 1. The number of nitrogens with two attached hydrogens (primary N) is 1. The van der Waals surface area contributed by atoms with Gasteiger partial charge in [-0.3, -0.25) is 5.41 Å². The first-order valence-electron chi connectivity index (χ1n) is 6.69. The Kier molecular flexibility index (Phi) is 4.13. The molecule has 2 unspecified atom stereocenters. The van der Waals surface area contributed by atoms with Crippen LogP contribution in [0.2, 0.25) is 0 Å². The third kappa shape index (κ3) is 3.29. The molecule has 1 aromatic rings. The van der Waals surface area contributed by atoms with Gasteiger partial charge >= 0.3 is 6.18 Å². The number of nitrogens with zero attached hydrogens (tertiary/aromatic N) is 1. The van der Waals surface area contributed by atoms with Gasteiger partial charge in [0.2, 0.25) is 0 Å². The molecule has 1 aromatic carbocycles. The number of nitrogens with one attached hydrogen (secondary N) is 1. The molecule has 1 heterocycles. The van der Waals surface area contributed by atoms with Crippen molar-refractivity contribution in [3.05, 3.63) is 29.3 Å². The van der Waals surface area contributed by atoms with Crippen LogP contribution in [-0.4, -0.2) is 30.1 Å². The van der Waals surface area contributed by atoms with Gasteiger partial charge in [0.25, 0.3) is 0 Å². The lowest BCUT2D eigenvalue weighted by atomic mass is 9.95. The molecule has 2 rings (SSSR count). The Hall–Kier alpha value is -1.76. The van der Waals surface area contributed by atoms with Crippen LogP contribution in [0, 0.1) is 11.3 Å². The van der Waals surface area contributed by atoms with E-state index in [9.17, 15) is 18.3 Å². The Bertz CT molecular complexity index is 545. The summed E-state index contributed by atoms with van der Waals surface area (Å²) in [5.74, 6) is -0.559. The fraction of sp³-hybridized carbons (Fsp3) is 0.500. The molecule has 1 fully saturated rings. The van der Waals surface area contributed by atoms with E-state index in [1.807, 2.05) is 11.8 Å². The van der Waals surface area contributed by atoms with Crippen LogP contribution in [0.15, 0.2) is 18.2 Å². The van der Waals surface area contributed by atoms with Crippen molar-refractivity contribution in [2.24, 2.45) is 11.7 Å². The number of benzene rings is 1. The molecule has 1 aliphatic heterocycles. The maximum Gasteiger partial charge on any atom is 0.417 e. The molecule has 116 valence electrons. The van der Waals surface area contributed by atoms with Crippen LogP contribution in [-0.2, 0) is 6.18 Å². The molecule has 7 heteroatoms. The minimum Gasteiger partial charge on any atom is -0.393 e. The zero-order chi connectivity index (χ0) is 15.8. The van der Waals surface area contributed by atoms with E-state index in [1.165, 1.54) is 12.1 Å². The second kappa shape index (κ2) is 5.55. The van der Waals surface area contributed by atoms with Crippen molar-refractivity contribution in [1.82, 2.24) is 0 Å². The summed E-state index contributed by atoms with van der Waals surface area (Å²) in [6.07, 6.45) is -4.36. The zero-order valence-corrected chi connectivity index (χ0v) is 11.6. The highest BCUT2D eigenvalue weighted by Crippen LogP contribution is 2.34. The molecule has 0 radical (unpaired) electrons. The number of rotatable bonds is 2. The predicted molar refractivity (Wildman–Crippen MR) is 74.5 cm³/mol. The first kappa shape index (κ1) is 15.6. The lowest BCUT2D eigenvalue weighted by Crippen LogP contribution is -2.42. The van der Waals surface area contributed by atoms with E-state index >= 15 is 0 Å². The summed E-state index contributed by atoms with van der Waals surface area (Å²) in [5, 5.41) is 17.1. The topological polar surface area (TPSA) is 73.3 Å². The highest BCUT2D eigenvalue weighted by molar-refractivity contribution is 5.97. The number of nitrogen functional groups attached to an aromatic ring is 1. The van der Waals surface area contributed by atoms with Crippen molar-refractivity contribution < 1.29 is 18.3 Å². The van der Waals surface area contributed by atoms with Crippen LogP contribution >= 0.6 is 0 Å². The molecule has 0 aliphatic carbocycles. The van der Waals surface area contributed by atoms with E-state index in [2.05, 4.69) is 0 Å². The van der Waals surface area contributed by atoms with E-state index in [0.717, 1.165) is 6.07 Å². The Morgan fingerprint density at radius 3 is 2.62 bits per heavy atom. The van der Waals surface area contributed by atoms with E-state index in [1.54, 1.807) is 0 Å². The summed E-state index contributed by atoms with van der Waals surface area (Å²) in [6.45, 7) is 3.02. The quantitative estimate of drug-likeness (QED) is 0.579. The lowest BCUT2D eigenvalue weighted by Gasteiger charge is -2.36. The van der Waals surface area contributed by atoms with Gasteiger partial charge in [0.05, 0.1) is 11.7 Å². The van der Waals surface area contributed by atoms with Gasteiger partial charge in [-0.15, -0.1) is 0 Å². The minimum absolute atomic E-state index is 0.0434. The average Bonchev–Trinajstić information content (AvgIpc) is 2.40. The van der Waals surface area contributed by atoms with Crippen molar-refractivity contribution in [3.63, 3.8) is 0 Å². The Labute approximate surface area is 120 Å². The number of aliphatic hydroxyl groups is 1. The van der Waals surface area contributed by atoms with E-state index < -0.39 is 17.6 Å². The number of aliphatic hydroxyl groups excluding tert-OH is 1. The van der Waals surface area contributed by atoms with Crippen LogP contribution in [0.3, 0.4) is 0 Å². The van der Waals surface area contributed by atoms with E-state index in [-0.39, 0.29) is 17.6 Å². The molecule has 4 N–H and O–H groups in total. The number of anilines is 1. The van der Waals surface area contributed by atoms with Crippen LogP contribution in [0.1, 0.15) is 24.5 Å². The molecule has 0 amide bonds. The van der Waals surface area contributed by atoms with Crippen molar-refractivity contribution in [2.75, 3.05) is 18.0 Å². The third-order valence-corrected chi connectivity index (χ3v) is 3.82. The summed E-state index contributed by atoms with van der Waals surface area (Å²) in [7, 11) is 0. The van der Waals surface area contributed by atoms with Gasteiger partial charge in [0, 0.05) is 24.3 Å². The standard InChI is InChI=1S/C14H18F3N3O/c1-8-7-20(5-4-12(8)21)9-2-3-11(14(15,16)17)10(6-9)13(18)19/h2-3,6,8,12,21H,4-5,7H2,1H3,(H3,18,19). The van der Waals surface area contributed by atoms with E-state index in [0.29, 0.717) is 25.2 Å². The molecule has 0 saturated carbocycles. The highest BCUT2D eigenvalue weighted by atomic mass is 19.4. The minimum atomic E-state index is -4.54. The van der Waals surface area contributed by atoms with Crippen LogP contribution in [0.5, 0.6) is 0 Å². The molecule has 2 atom stereocenters. The number of alkyl halides is 3. The van der Waals surface area contributed by atoms with Crippen molar-refractivity contribution in [2.45, 2.75) is 25.6 Å². The average molecular weight is 301 g/mol. The lowest BCUT2D eigenvalue weighted by molar-refractivity contribution is -0.137. The normalized spacial score (nSPS) is 23.2. The Morgan fingerprint density at radius 2 is 2.10 bits per heavy atom. The summed E-state index contributed by atoms with van der Waals surface area (Å²) in [6, 6.07) is 3.65. The van der Waals surface area contributed by atoms with Gasteiger partial charge in [0.1, 0.15) is 5.84 Å². The Balaban J connectivity index is 2.35. The molecule has 21 heavy (non-hydrogen) atoms. The largest absolute Gasteiger partial charge is 0.417 e. The third-order valence-electron chi connectivity index (χ3n) is 3.82. The van der Waals surface area contributed by atoms with Crippen molar-refractivity contribution in [3.8, 4) is 0 Å². The highest BCUT2D eigenvalue weighted by Gasteiger charge is 2.34. The summed E-state index contributed by atoms with van der Waals surface area (Å²) < 4.78 is 38.7. The smallest absolute Gasteiger partial charge is 0.393 e. The summed E-state index contributed by atoms with van der Waals surface area (Å²) >= 11 is 0. The molecule has 0 bridgehead atoms. The fourth-order valence-corrected chi connectivity index (χ4v) is 2.57. The fourth-order valence-electron chi connectivity index (χ4n) is 2.57. The second-order valence-electron chi connectivity index (χ2n) is 5.42. The van der Waals surface area contributed by atoms with Crippen LogP contribution < -0.4 is 10.6 Å². The van der Waals surface area contributed by atoms with Gasteiger partial charge in [-0.05, 0) is 30.5 Å². The molecular weight excluding hydrogens is 283 g/mol. The van der Waals surface area contributed by atoms with Gasteiger partial charge in [-0.1, -0.05) is 6.92 Å². The van der Waals surface area contributed by atoms with Gasteiger partial charge in [0.15, 0.2) is 0 Å². The number of hydrogen-bond acceptors (Lipinski definition) is 3. The molecule has 0 spiro atoms. The van der Waals surface area contributed by atoms with Crippen LogP contribution in [0.4, 0.5) is 18.9 Å². The zero-order valence-electron chi connectivity index (χ0n) is 11.6. The second-order valence-corrected chi connectivity index (χ2v) is 5.42. The first-order chi connectivity index (χ1) is 9.70. The summed E-state index contributed by atoms with van der Waals surface area (Å²) in [5.41, 5.74) is 4.67. The first-order valence-corrected chi connectivity index (χ1v) is 6.69. The molecule has 1 saturated heterocycles. The number of halogens is 3. The maximum atomic E-state index is 12.9. The monoisotopic (exact) mass is 301 g/mol. The molecule has 4 nitrogen and oxygen atoms in total. The maximum absolute atomic E-state index is 12.9. The predicted octanol–water partition coefficient (Wildman–Crippen LogP) is 2.20. The Morgan fingerprint density at radius 1 is 1.43 bits per heavy atom. The van der Waals surface area contributed by atoms with Crippen molar-refractivity contribution >= 4 is 11.5 Å². The SMILES string of the molecule is CC1CN(c2ccc(C(F)(F)F)c(C(=N)N)c2)CCC1O. The summed E-state index contributed by atoms with van der Waals surface area (Å²) in [4.78, 5) is 1.91. The van der Waals surface area contributed by atoms with Gasteiger partial charge in [-0.25, -0.2) is 0 Å².